The predicted octanol–water partition coefficient (Wildman–Crippen LogP) is 0.706. The van der Waals surface area contributed by atoms with Gasteiger partial charge in [-0.2, -0.15) is 0 Å². The Bertz CT molecular complexity index is 420. The number of rotatable bonds is 9. The molecule has 0 aliphatic carbocycles. The molecule has 18 heavy (non-hydrogen) atoms. The van der Waals surface area contributed by atoms with Gasteiger partial charge in [-0.3, -0.25) is 4.98 Å². The first kappa shape index (κ1) is 15.1. The topological polar surface area (TPSA) is 79.3 Å². The fourth-order valence-electron chi connectivity index (χ4n) is 1.50. The maximum atomic E-state index is 11.6. The molecule has 0 amide bonds. The van der Waals surface area contributed by atoms with Gasteiger partial charge in [-0.15, -0.1) is 0 Å². The molecule has 6 heteroatoms. The molecule has 0 aliphatic heterocycles. The van der Waals surface area contributed by atoms with Crippen LogP contribution in [-0.4, -0.2) is 37.4 Å². The number of sulfonamides is 1. The normalized spacial score (nSPS) is 11.6. The Morgan fingerprint density at radius 1 is 1.22 bits per heavy atom. The van der Waals surface area contributed by atoms with Crippen molar-refractivity contribution in [3.63, 3.8) is 0 Å². The van der Waals surface area contributed by atoms with Crippen LogP contribution in [-0.2, 0) is 16.4 Å². The molecule has 0 fully saturated rings. The van der Waals surface area contributed by atoms with Gasteiger partial charge in [0.15, 0.2) is 0 Å². The predicted molar refractivity (Wildman–Crippen MR) is 70.7 cm³/mol. The average molecular weight is 272 g/mol. The second-order valence-corrected chi connectivity index (χ2v) is 5.99. The number of hydrogen-bond donors (Lipinski definition) is 2. The molecule has 0 saturated carbocycles. The lowest BCUT2D eigenvalue weighted by Crippen LogP contribution is -2.28. The van der Waals surface area contributed by atoms with Crippen molar-refractivity contribution in [2.45, 2.75) is 25.7 Å². The smallest absolute Gasteiger partial charge is 0.211 e. The van der Waals surface area contributed by atoms with Gasteiger partial charge in [0.25, 0.3) is 0 Å². The molecule has 5 nitrogen and oxygen atoms in total. The molecule has 2 N–H and O–H groups in total. The van der Waals surface area contributed by atoms with Gasteiger partial charge in [0, 0.05) is 31.5 Å². The zero-order chi connectivity index (χ0) is 13.3. The summed E-state index contributed by atoms with van der Waals surface area (Å²) in [6.07, 6.45) is 4.38. The van der Waals surface area contributed by atoms with Gasteiger partial charge in [-0.1, -0.05) is 6.07 Å². The van der Waals surface area contributed by atoms with Gasteiger partial charge >= 0.3 is 0 Å². The van der Waals surface area contributed by atoms with Crippen molar-refractivity contribution in [1.29, 1.82) is 0 Å². The summed E-state index contributed by atoms with van der Waals surface area (Å²) in [4.78, 5) is 4.08. The third kappa shape index (κ3) is 6.68. The van der Waals surface area contributed by atoms with Gasteiger partial charge in [-0.05, 0) is 31.4 Å². The Morgan fingerprint density at radius 2 is 2.06 bits per heavy atom. The lowest BCUT2D eigenvalue weighted by Gasteiger charge is -2.06. The Hall–Kier alpha value is -0.980. The molecule has 0 radical (unpaired) electrons. The van der Waals surface area contributed by atoms with Crippen LogP contribution in [0.2, 0.25) is 0 Å². The maximum Gasteiger partial charge on any atom is 0.211 e. The van der Waals surface area contributed by atoms with E-state index in [1.54, 1.807) is 12.3 Å². The van der Waals surface area contributed by atoms with E-state index in [-0.39, 0.29) is 12.4 Å². The summed E-state index contributed by atoms with van der Waals surface area (Å²) < 4.78 is 25.8. The van der Waals surface area contributed by atoms with Crippen LogP contribution in [0.25, 0.3) is 0 Å². The molecule has 0 bridgehead atoms. The number of pyridine rings is 1. The maximum absolute atomic E-state index is 11.6. The summed E-state index contributed by atoms with van der Waals surface area (Å²) in [6.45, 7) is 0.594. The molecule has 0 saturated heterocycles. The van der Waals surface area contributed by atoms with E-state index in [0.29, 0.717) is 13.0 Å². The SMILES string of the molecule is O=S(=O)(CCc1ccccn1)NCCCCCO. The van der Waals surface area contributed by atoms with Crippen LogP contribution >= 0.6 is 0 Å². The number of aromatic nitrogens is 1. The third-order valence-corrected chi connectivity index (χ3v) is 3.90. The number of hydrogen-bond acceptors (Lipinski definition) is 4. The van der Waals surface area contributed by atoms with E-state index >= 15 is 0 Å². The fraction of sp³-hybridized carbons (Fsp3) is 0.583. The highest BCUT2D eigenvalue weighted by molar-refractivity contribution is 7.89. The van der Waals surface area contributed by atoms with Crippen molar-refractivity contribution in [2.75, 3.05) is 18.9 Å². The second kappa shape index (κ2) is 8.18. The highest BCUT2D eigenvalue weighted by atomic mass is 32.2. The third-order valence-electron chi connectivity index (χ3n) is 2.51. The number of unbranched alkanes of at least 4 members (excludes halogenated alkanes) is 2. The van der Waals surface area contributed by atoms with Crippen molar-refractivity contribution in [2.24, 2.45) is 0 Å². The van der Waals surface area contributed by atoms with Crippen molar-refractivity contribution in [3.05, 3.63) is 30.1 Å². The Labute approximate surface area is 108 Å². The van der Waals surface area contributed by atoms with E-state index in [9.17, 15) is 8.42 Å². The Morgan fingerprint density at radius 3 is 2.72 bits per heavy atom. The highest BCUT2D eigenvalue weighted by Crippen LogP contribution is 1.98. The van der Waals surface area contributed by atoms with Crippen molar-refractivity contribution in [1.82, 2.24) is 9.71 Å². The summed E-state index contributed by atoms with van der Waals surface area (Å²) in [5, 5.41) is 8.59. The monoisotopic (exact) mass is 272 g/mol. The molecule has 102 valence electrons. The first-order chi connectivity index (χ1) is 8.64. The molecule has 1 aromatic heterocycles. The standard InChI is InChI=1S/C12H20N2O3S/c15-10-5-1-3-9-14-18(16,17)11-7-12-6-2-4-8-13-12/h2,4,6,8,14-15H,1,3,5,7,9-11H2. The molecule has 0 aromatic carbocycles. The second-order valence-electron chi connectivity index (χ2n) is 4.07. The van der Waals surface area contributed by atoms with Crippen molar-refractivity contribution >= 4 is 10.0 Å². The van der Waals surface area contributed by atoms with E-state index in [0.717, 1.165) is 25.0 Å². The lowest BCUT2D eigenvalue weighted by molar-refractivity contribution is 0.283. The fourth-order valence-corrected chi connectivity index (χ4v) is 2.58. The summed E-state index contributed by atoms with van der Waals surface area (Å²) in [5.41, 5.74) is 0.781. The van der Waals surface area contributed by atoms with Gasteiger partial charge in [0.05, 0.1) is 5.75 Å². The quantitative estimate of drug-likeness (QED) is 0.649. The van der Waals surface area contributed by atoms with Crippen LogP contribution in [0.4, 0.5) is 0 Å². The molecule has 0 unspecified atom stereocenters. The van der Waals surface area contributed by atoms with Crippen molar-refractivity contribution in [3.8, 4) is 0 Å². The van der Waals surface area contributed by atoms with E-state index in [4.69, 9.17) is 5.11 Å². The molecular formula is C12H20N2O3S. The largest absolute Gasteiger partial charge is 0.396 e. The van der Waals surface area contributed by atoms with Gasteiger partial charge in [-0.25, -0.2) is 13.1 Å². The highest BCUT2D eigenvalue weighted by Gasteiger charge is 2.09. The average Bonchev–Trinajstić information content (AvgIpc) is 2.38. The van der Waals surface area contributed by atoms with Gasteiger partial charge in [0.2, 0.25) is 10.0 Å². The molecule has 0 spiro atoms. The van der Waals surface area contributed by atoms with Crippen molar-refractivity contribution < 1.29 is 13.5 Å². The van der Waals surface area contributed by atoms with E-state index in [1.165, 1.54) is 0 Å². The Kier molecular flexibility index (Phi) is 6.85. The number of nitrogens with zero attached hydrogens (tertiary/aromatic N) is 1. The van der Waals surface area contributed by atoms with E-state index < -0.39 is 10.0 Å². The van der Waals surface area contributed by atoms with Crippen LogP contribution in [0, 0.1) is 0 Å². The molecule has 0 aliphatic rings. The summed E-state index contributed by atoms with van der Waals surface area (Å²) in [7, 11) is -3.22. The minimum atomic E-state index is -3.22. The van der Waals surface area contributed by atoms with Crippen LogP contribution in [0.1, 0.15) is 25.0 Å². The van der Waals surface area contributed by atoms with Crippen LogP contribution < -0.4 is 4.72 Å². The van der Waals surface area contributed by atoms with E-state index in [2.05, 4.69) is 9.71 Å². The number of aliphatic hydroxyl groups excluding tert-OH is 1. The molecule has 1 aromatic rings. The first-order valence-corrected chi connectivity index (χ1v) is 7.77. The number of aliphatic hydroxyl groups is 1. The van der Waals surface area contributed by atoms with Crippen LogP contribution in [0.5, 0.6) is 0 Å². The van der Waals surface area contributed by atoms with Crippen LogP contribution in [0.15, 0.2) is 24.4 Å². The molecule has 0 atom stereocenters. The summed E-state index contributed by atoms with van der Waals surface area (Å²) in [5.74, 6) is 0.0595. The first-order valence-electron chi connectivity index (χ1n) is 6.12. The summed E-state index contributed by atoms with van der Waals surface area (Å²) in [6, 6.07) is 5.46. The number of aryl methyl sites for hydroxylation is 1. The van der Waals surface area contributed by atoms with Crippen LogP contribution in [0.3, 0.4) is 0 Å². The number of nitrogens with one attached hydrogen (secondary N) is 1. The minimum absolute atomic E-state index is 0.0595. The van der Waals surface area contributed by atoms with Gasteiger partial charge in [0.1, 0.15) is 0 Å². The van der Waals surface area contributed by atoms with Gasteiger partial charge < -0.3 is 5.11 Å². The molecule has 1 rings (SSSR count). The minimum Gasteiger partial charge on any atom is -0.396 e. The lowest BCUT2D eigenvalue weighted by atomic mass is 10.2. The zero-order valence-corrected chi connectivity index (χ0v) is 11.2. The zero-order valence-electron chi connectivity index (χ0n) is 10.4. The van der Waals surface area contributed by atoms with E-state index in [1.807, 2.05) is 12.1 Å². The summed E-state index contributed by atoms with van der Waals surface area (Å²) >= 11 is 0. The molecule has 1 heterocycles. The Balaban J connectivity index is 2.23. The molecular weight excluding hydrogens is 252 g/mol.